The van der Waals surface area contributed by atoms with Crippen molar-refractivity contribution in [1.82, 2.24) is 10.6 Å². The highest BCUT2D eigenvalue weighted by atomic mass is 16.3. The zero-order chi connectivity index (χ0) is 15.5. The lowest BCUT2D eigenvalue weighted by atomic mass is 10.0. The maximum atomic E-state index is 12.0. The first-order valence-corrected chi connectivity index (χ1v) is 7.73. The summed E-state index contributed by atoms with van der Waals surface area (Å²) in [6.45, 7) is 6.41. The van der Waals surface area contributed by atoms with Crippen LogP contribution in [0.1, 0.15) is 55.3 Å². The molecule has 0 heterocycles. The average molecular weight is 290 g/mol. The van der Waals surface area contributed by atoms with Crippen molar-refractivity contribution in [3.63, 3.8) is 0 Å². The van der Waals surface area contributed by atoms with Gasteiger partial charge in [-0.05, 0) is 39.2 Å². The molecular weight excluding hydrogens is 264 g/mol. The molecule has 4 nitrogen and oxygen atoms in total. The number of rotatable bonds is 4. The molecule has 1 aromatic carbocycles. The van der Waals surface area contributed by atoms with Crippen molar-refractivity contribution in [2.24, 2.45) is 0 Å². The number of hydrogen-bond acceptors (Lipinski definition) is 2. The molecule has 0 aromatic heterocycles. The predicted octanol–water partition coefficient (Wildman–Crippen LogP) is 2.97. The summed E-state index contributed by atoms with van der Waals surface area (Å²) >= 11 is 0. The molecule has 1 unspecified atom stereocenters. The second-order valence-electron chi connectivity index (χ2n) is 6.40. The number of urea groups is 1. The highest BCUT2D eigenvalue weighted by molar-refractivity contribution is 5.74. The summed E-state index contributed by atoms with van der Waals surface area (Å²) in [5.74, 6) is 0. The molecule has 1 aliphatic carbocycles. The monoisotopic (exact) mass is 290 g/mol. The normalized spacial score (nSPS) is 18.3. The SMILES string of the molecule is Cc1cc(C)cc(C(C)NC(=O)NCC2(O)CCCC2)c1. The third-order valence-corrected chi connectivity index (χ3v) is 4.20. The molecular formula is C17H26N2O2. The Labute approximate surface area is 126 Å². The molecule has 0 aliphatic heterocycles. The van der Waals surface area contributed by atoms with Gasteiger partial charge in [0.25, 0.3) is 0 Å². The van der Waals surface area contributed by atoms with Crippen molar-refractivity contribution >= 4 is 6.03 Å². The molecule has 0 saturated heterocycles. The van der Waals surface area contributed by atoms with Crippen LogP contribution in [0.25, 0.3) is 0 Å². The average Bonchev–Trinajstić information content (AvgIpc) is 2.83. The number of aliphatic hydroxyl groups is 1. The summed E-state index contributed by atoms with van der Waals surface area (Å²) in [5.41, 5.74) is 2.78. The standard InChI is InChI=1S/C17H26N2O2/c1-12-8-13(2)10-15(9-12)14(3)19-16(20)18-11-17(21)6-4-5-7-17/h8-10,14,21H,4-7,11H2,1-3H3,(H2,18,19,20). The first-order valence-electron chi connectivity index (χ1n) is 7.73. The van der Waals surface area contributed by atoms with Crippen LogP contribution in [0.5, 0.6) is 0 Å². The third kappa shape index (κ3) is 4.46. The minimum Gasteiger partial charge on any atom is -0.388 e. The van der Waals surface area contributed by atoms with Gasteiger partial charge in [0.05, 0.1) is 11.6 Å². The van der Waals surface area contributed by atoms with E-state index in [0.29, 0.717) is 6.54 Å². The Bertz CT molecular complexity index is 487. The maximum absolute atomic E-state index is 12.0. The topological polar surface area (TPSA) is 61.4 Å². The number of amides is 2. The van der Waals surface area contributed by atoms with Gasteiger partial charge in [0.2, 0.25) is 0 Å². The lowest BCUT2D eigenvalue weighted by Gasteiger charge is -2.23. The first kappa shape index (κ1) is 15.8. The fourth-order valence-electron chi connectivity index (χ4n) is 3.05. The van der Waals surface area contributed by atoms with Crippen LogP contribution in [0, 0.1) is 13.8 Å². The van der Waals surface area contributed by atoms with Gasteiger partial charge >= 0.3 is 6.03 Å². The summed E-state index contributed by atoms with van der Waals surface area (Å²) in [7, 11) is 0. The molecule has 1 saturated carbocycles. The number of carbonyl (C=O) groups excluding carboxylic acids is 1. The number of aryl methyl sites for hydroxylation is 2. The maximum Gasteiger partial charge on any atom is 0.315 e. The van der Waals surface area contributed by atoms with E-state index in [1.54, 1.807) is 0 Å². The molecule has 0 spiro atoms. The third-order valence-electron chi connectivity index (χ3n) is 4.20. The Hall–Kier alpha value is -1.55. The van der Waals surface area contributed by atoms with Gasteiger partial charge in [0.1, 0.15) is 0 Å². The zero-order valence-electron chi connectivity index (χ0n) is 13.2. The molecule has 1 atom stereocenters. The van der Waals surface area contributed by atoms with E-state index in [-0.39, 0.29) is 12.1 Å². The Balaban J connectivity index is 1.86. The second-order valence-corrected chi connectivity index (χ2v) is 6.40. The summed E-state index contributed by atoms with van der Waals surface area (Å²) in [6, 6.07) is 6.01. The van der Waals surface area contributed by atoms with Crippen molar-refractivity contribution in [2.75, 3.05) is 6.54 Å². The zero-order valence-corrected chi connectivity index (χ0v) is 13.2. The van der Waals surface area contributed by atoms with Crippen LogP contribution in [0.2, 0.25) is 0 Å². The summed E-state index contributed by atoms with van der Waals surface area (Å²) < 4.78 is 0. The molecule has 3 N–H and O–H groups in total. The molecule has 0 bridgehead atoms. The van der Waals surface area contributed by atoms with Crippen LogP contribution < -0.4 is 10.6 Å². The van der Waals surface area contributed by atoms with Crippen LogP contribution in [-0.2, 0) is 0 Å². The summed E-state index contributed by atoms with van der Waals surface area (Å²) in [6.07, 6.45) is 3.64. The molecule has 0 radical (unpaired) electrons. The van der Waals surface area contributed by atoms with Gasteiger partial charge in [0, 0.05) is 6.54 Å². The molecule has 1 fully saturated rings. The van der Waals surface area contributed by atoms with Crippen molar-refractivity contribution in [1.29, 1.82) is 0 Å². The number of carbonyl (C=O) groups is 1. The first-order chi connectivity index (χ1) is 9.88. The van der Waals surface area contributed by atoms with Gasteiger partial charge < -0.3 is 15.7 Å². The number of hydrogen-bond donors (Lipinski definition) is 3. The lowest BCUT2D eigenvalue weighted by molar-refractivity contribution is 0.0500. The molecule has 4 heteroatoms. The van der Waals surface area contributed by atoms with Crippen molar-refractivity contribution in [2.45, 2.75) is 58.1 Å². The van der Waals surface area contributed by atoms with E-state index in [0.717, 1.165) is 31.2 Å². The molecule has 1 aliphatic rings. The lowest BCUT2D eigenvalue weighted by Crippen LogP contribution is -2.45. The van der Waals surface area contributed by atoms with Gasteiger partial charge in [0.15, 0.2) is 0 Å². The quantitative estimate of drug-likeness (QED) is 0.798. The highest BCUT2D eigenvalue weighted by Gasteiger charge is 2.31. The smallest absolute Gasteiger partial charge is 0.315 e. The van der Waals surface area contributed by atoms with E-state index in [4.69, 9.17) is 0 Å². The Morgan fingerprint density at radius 3 is 2.38 bits per heavy atom. The van der Waals surface area contributed by atoms with Gasteiger partial charge in [-0.15, -0.1) is 0 Å². The van der Waals surface area contributed by atoms with E-state index >= 15 is 0 Å². The Morgan fingerprint density at radius 2 is 1.81 bits per heavy atom. The number of nitrogens with one attached hydrogen (secondary N) is 2. The van der Waals surface area contributed by atoms with Gasteiger partial charge in [-0.25, -0.2) is 4.79 Å². The fourth-order valence-corrected chi connectivity index (χ4v) is 3.05. The Morgan fingerprint density at radius 1 is 1.24 bits per heavy atom. The largest absolute Gasteiger partial charge is 0.388 e. The van der Waals surface area contributed by atoms with E-state index < -0.39 is 5.60 Å². The molecule has 2 amide bonds. The van der Waals surface area contributed by atoms with Crippen LogP contribution >= 0.6 is 0 Å². The van der Waals surface area contributed by atoms with Crippen LogP contribution in [0.4, 0.5) is 4.79 Å². The summed E-state index contributed by atoms with van der Waals surface area (Å²) in [5, 5.41) is 15.9. The second kappa shape index (κ2) is 6.48. The molecule has 1 aromatic rings. The van der Waals surface area contributed by atoms with E-state index in [9.17, 15) is 9.90 Å². The van der Waals surface area contributed by atoms with Gasteiger partial charge in [-0.3, -0.25) is 0 Å². The minimum atomic E-state index is -0.708. The molecule has 2 rings (SSSR count). The highest BCUT2D eigenvalue weighted by Crippen LogP contribution is 2.28. The van der Waals surface area contributed by atoms with E-state index in [1.807, 2.05) is 6.92 Å². The van der Waals surface area contributed by atoms with Gasteiger partial charge in [-0.1, -0.05) is 42.2 Å². The van der Waals surface area contributed by atoms with E-state index in [1.165, 1.54) is 11.1 Å². The van der Waals surface area contributed by atoms with Crippen LogP contribution in [0.3, 0.4) is 0 Å². The van der Waals surface area contributed by atoms with E-state index in [2.05, 4.69) is 42.7 Å². The van der Waals surface area contributed by atoms with Crippen LogP contribution in [0.15, 0.2) is 18.2 Å². The van der Waals surface area contributed by atoms with Crippen molar-refractivity contribution < 1.29 is 9.90 Å². The predicted molar refractivity (Wildman–Crippen MR) is 84.3 cm³/mol. The van der Waals surface area contributed by atoms with Crippen LogP contribution in [-0.4, -0.2) is 23.3 Å². The minimum absolute atomic E-state index is 0.0539. The molecule has 21 heavy (non-hydrogen) atoms. The number of benzene rings is 1. The summed E-state index contributed by atoms with van der Waals surface area (Å²) in [4.78, 5) is 12.0. The van der Waals surface area contributed by atoms with Crippen molar-refractivity contribution in [3.8, 4) is 0 Å². The van der Waals surface area contributed by atoms with Crippen molar-refractivity contribution in [3.05, 3.63) is 34.9 Å². The molecule has 116 valence electrons. The van der Waals surface area contributed by atoms with Gasteiger partial charge in [-0.2, -0.15) is 0 Å². The fraction of sp³-hybridized carbons (Fsp3) is 0.588. The Kier molecular flexibility index (Phi) is 4.88.